The second kappa shape index (κ2) is 4.65. The van der Waals surface area contributed by atoms with Gasteiger partial charge in [0.15, 0.2) is 0 Å². The summed E-state index contributed by atoms with van der Waals surface area (Å²) in [6.45, 7) is 1.46. The van der Waals surface area contributed by atoms with Crippen LogP contribution in [0.3, 0.4) is 0 Å². The molecule has 0 saturated heterocycles. The summed E-state index contributed by atoms with van der Waals surface area (Å²) in [7, 11) is 0. The molecule has 3 N–H and O–H groups in total. The smallest absolute Gasteiger partial charge is 0.292 e. The molecule has 0 fully saturated rings. The molecule has 0 saturated carbocycles. The topological polar surface area (TPSA) is 126 Å². The molecule has 9 nitrogen and oxygen atoms in total. The Hall–Kier alpha value is -2.71. The Morgan fingerprint density at radius 1 is 1.50 bits per heavy atom. The number of anilines is 1. The molecule has 0 aliphatic heterocycles. The first-order valence-corrected chi connectivity index (χ1v) is 5.03. The van der Waals surface area contributed by atoms with E-state index in [1.54, 1.807) is 6.92 Å². The van der Waals surface area contributed by atoms with E-state index >= 15 is 0 Å². The highest BCUT2D eigenvalue weighted by molar-refractivity contribution is 5.88. The van der Waals surface area contributed by atoms with Crippen molar-refractivity contribution in [3.8, 4) is 0 Å². The monoisotopic (exact) mass is 250 g/mol. The van der Waals surface area contributed by atoms with Gasteiger partial charge in [0.2, 0.25) is 11.9 Å². The summed E-state index contributed by atoms with van der Waals surface area (Å²) < 4.78 is 1.07. The van der Waals surface area contributed by atoms with E-state index < -0.39 is 17.2 Å². The van der Waals surface area contributed by atoms with E-state index in [-0.39, 0.29) is 12.5 Å². The van der Waals surface area contributed by atoms with E-state index in [2.05, 4.69) is 20.5 Å². The maximum absolute atomic E-state index is 11.6. The molecule has 9 heteroatoms. The molecule has 94 valence electrons. The number of nitrogens with one attached hydrogen (secondary N) is 3. The summed E-state index contributed by atoms with van der Waals surface area (Å²) in [6.07, 6.45) is 1.24. The normalized spacial score (nSPS) is 10.3. The molecule has 2 aromatic rings. The van der Waals surface area contributed by atoms with Gasteiger partial charge < -0.3 is 0 Å². The van der Waals surface area contributed by atoms with Gasteiger partial charge in [0.1, 0.15) is 12.4 Å². The van der Waals surface area contributed by atoms with Gasteiger partial charge in [0, 0.05) is 12.3 Å². The molecule has 0 spiro atoms. The number of carbonyl (C=O) groups excluding carboxylic acids is 1. The number of carbonyl (C=O) groups is 1. The van der Waals surface area contributed by atoms with Crippen LogP contribution in [0.4, 0.5) is 5.95 Å². The number of amides is 1. The Balaban J connectivity index is 2.07. The van der Waals surface area contributed by atoms with Crippen molar-refractivity contribution in [3.05, 3.63) is 38.9 Å². The summed E-state index contributed by atoms with van der Waals surface area (Å²) in [4.78, 5) is 39.7. The van der Waals surface area contributed by atoms with Gasteiger partial charge in [0.25, 0.3) is 5.56 Å². The summed E-state index contributed by atoms with van der Waals surface area (Å²) in [5.74, 6) is 0.227. The Kier molecular flexibility index (Phi) is 3.04. The van der Waals surface area contributed by atoms with Gasteiger partial charge in [-0.05, 0) is 6.92 Å². The van der Waals surface area contributed by atoms with Crippen LogP contribution in [-0.2, 0) is 11.3 Å². The number of nitrogens with zero attached hydrogens (tertiary/aromatic N) is 3. The van der Waals surface area contributed by atoms with Crippen LogP contribution in [0.25, 0.3) is 0 Å². The fourth-order valence-electron chi connectivity index (χ4n) is 1.29. The van der Waals surface area contributed by atoms with Crippen LogP contribution in [0.5, 0.6) is 0 Å². The van der Waals surface area contributed by atoms with Crippen molar-refractivity contribution in [1.82, 2.24) is 24.7 Å². The van der Waals surface area contributed by atoms with E-state index in [4.69, 9.17) is 0 Å². The SMILES string of the molecule is Cc1nc(NC(=O)Cn2ccc(=O)[nH]c2=O)n[nH]1. The number of aromatic amines is 2. The molecule has 0 radical (unpaired) electrons. The molecule has 0 bridgehead atoms. The number of hydrogen-bond acceptors (Lipinski definition) is 5. The maximum atomic E-state index is 11.6. The standard InChI is InChI=1S/C9H10N6O3/c1-5-10-8(14-13-5)11-7(17)4-15-3-2-6(16)12-9(15)18/h2-3H,4H2,1H3,(H,12,16,18)(H2,10,11,13,14,17). The maximum Gasteiger partial charge on any atom is 0.328 e. The number of hydrogen-bond donors (Lipinski definition) is 3. The van der Waals surface area contributed by atoms with Crippen LogP contribution in [0.2, 0.25) is 0 Å². The number of aromatic nitrogens is 5. The lowest BCUT2D eigenvalue weighted by atomic mass is 10.5. The van der Waals surface area contributed by atoms with Gasteiger partial charge in [-0.2, -0.15) is 4.98 Å². The van der Waals surface area contributed by atoms with Crippen LogP contribution in [0, 0.1) is 6.92 Å². The minimum Gasteiger partial charge on any atom is -0.292 e. The van der Waals surface area contributed by atoms with Gasteiger partial charge in [-0.15, -0.1) is 5.10 Å². The largest absolute Gasteiger partial charge is 0.328 e. The minimum absolute atomic E-state index is 0.134. The number of aryl methyl sites for hydroxylation is 1. The summed E-state index contributed by atoms with van der Waals surface area (Å²) in [5, 5.41) is 8.69. The minimum atomic E-state index is -0.649. The fourth-order valence-corrected chi connectivity index (χ4v) is 1.29. The molecular weight excluding hydrogens is 240 g/mol. The lowest BCUT2D eigenvalue weighted by Gasteiger charge is -2.03. The molecule has 0 aliphatic carbocycles. The highest BCUT2D eigenvalue weighted by Gasteiger charge is 2.07. The zero-order valence-electron chi connectivity index (χ0n) is 9.43. The lowest BCUT2D eigenvalue weighted by molar-refractivity contribution is -0.116. The third-order valence-electron chi connectivity index (χ3n) is 2.06. The Morgan fingerprint density at radius 3 is 2.89 bits per heavy atom. The first-order chi connectivity index (χ1) is 8.54. The molecule has 18 heavy (non-hydrogen) atoms. The lowest BCUT2D eigenvalue weighted by Crippen LogP contribution is -2.32. The zero-order valence-corrected chi connectivity index (χ0v) is 9.43. The van der Waals surface area contributed by atoms with E-state index in [9.17, 15) is 14.4 Å². The van der Waals surface area contributed by atoms with E-state index in [0.717, 1.165) is 10.6 Å². The first-order valence-electron chi connectivity index (χ1n) is 5.03. The molecule has 0 aromatic carbocycles. The second-order valence-corrected chi connectivity index (χ2v) is 3.53. The summed E-state index contributed by atoms with van der Waals surface area (Å²) >= 11 is 0. The molecule has 0 atom stereocenters. The summed E-state index contributed by atoms with van der Waals surface area (Å²) in [6, 6.07) is 1.16. The second-order valence-electron chi connectivity index (χ2n) is 3.53. The Labute approximate surface area is 99.9 Å². The van der Waals surface area contributed by atoms with Crippen molar-refractivity contribution in [2.45, 2.75) is 13.5 Å². The predicted molar refractivity (Wildman–Crippen MR) is 61.1 cm³/mol. The van der Waals surface area contributed by atoms with Crippen molar-refractivity contribution in [2.24, 2.45) is 0 Å². The van der Waals surface area contributed by atoms with Gasteiger partial charge in [-0.1, -0.05) is 0 Å². The molecule has 2 rings (SSSR count). The molecular formula is C9H10N6O3. The van der Waals surface area contributed by atoms with Crippen molar-refractivity contribution in [1.29, 1.82) is 0 Å². The van der Waals surface area contributed by atoms with Gasteiger partial charge in [-0.25, -0.2) is 4.79 Å². The van der Waals surface area contributed by atoms with Gasteiger partial charge in [0.05, 0.1) is 0 Å². The van der Waals surface area contributed by atoms with Crippen LogP contribution in [0.1, 0.15) is 5.82 Å². The quantitative estimate of drug-likeness (QED) is 0.617. The average Bonchev–Trinajstić information content (AvgIpc) is 2.68. The highest BCUT2D eigenvalue weighted by atomic mass is 16.2. The highest BCUT2D eigenvalue weighted by Crippen LogP contribution is 1.96. The number of H-pyrrole nitrogens is 2. The van der Waals surface area contributed by atoms with Crippen LogP contribution < -0.4 is 16.6 Å². The van der Waals surface area contributed by atoms with Gasteiger partial charge in [-0.3, -0.25) is 29.6 Å². The molecule has 1 amide bonds. The third-order valence-corrected chi connectivity index (χ3v) is 2.06. The van der Waals surface area contributed by atoms with E-state index in [1.165, 1.54) is 6.20 Å². The Bertz CT molecular complexity index is 682. The molecule has 0 unspecified atom stereocenters. The van der Waals surface area contributed by atoms with Crippen molar-refractivity contribution < 1.29 is 4.79 Å². The molecule has 2 heterocycles. The molecule has 0 aliphatic rings. The summed E-state index contributed by atoms with van der Waals surface area (Å²) in [5.41, 5.74) is -1.16. The van der Waals surface area contributed by atoms with Gasteiger partial charge >= 0.3 is 5.69 Å². The Morgan fingerprint density at radius 2 is 2.28 bits per heavy atom. The van der Waals surface area contributed by atoms with Crippen LogP contribution in [0.15, 0.2) is 21.9 Å². The predicted octanol–water partition coefficient (Wildman–Crippen LogP) is -1.40. The average molecular weight is 250 g/mol. The van der Waals surface area contributed by atoms with Crippen molar-refractivity contribution in [3.63, 3.8) is 0 Å². The molecule has 2 aromatic heterocycles. The zero-order chi connectivity index (χ0) is 13.1. The fraction of sp³-hybridized carbons (Fsp3) is 0.222. The van der Waals surface area contributed by atoms with Crippen LogP contribution >= 0.6 is 0 Å². The van der Waals surface area contributed by atoms with E-state index in [1.807, 2.05) is 4.98 Å². The van der Waals surface area contributed by atoms with Crippen molar-refractivity contribution in [2.75, 3.05) is 5.32 Å². The van der Waals surface area contributed by atoms with E-state index in [0.29, 0.717) is 5.82 Å². The first kappa shape index (κ1) is 11.8. The van der Waals surface area contributed by atoms with Crippen LogP contribution in [-0.4, -0.2) is 30.6 Å². The number of rotatable bonds is 3. The van der Waals surface area contributed by atoms with Crippen molar-refractivity contribution >= 4 is 11.9 Å². The third kappa shape index (κ3) is 2.70.